The number of nitrogens with zero attached hydrogens (tertiary/aromatic N) is 4. The summed E-state index contributed by atoms with van der Waals surface area (Å²) in [6.45, 7) is 5.96. The van der Waals surface area contributed by atoms with Gasteiger partial charge in [-0.25, -0.2) is 9.97 Å². The van der Waals surface area contributed by atoms with Gasteiger partial charge in [-0.15, -0.1) is 0 Å². The largest absolute Gasteiger partial charge is 0.496 e. The van der Waals surface area contributed by atoms with Gasteiger partial charge in [-0.05, 0) is 50.6 Å². The number of aryl methyl sites for hydroxylation is 1. The number of anilines is 2. The van der Waals surface area contributed by atoms with Crippen molar-refractivity contribution in [1.29, 1.82) is 0 Å². The van der Waals surface area contributed by atoms with Gasteiger partial charge in [0.15, 0.2) is 11.5 Å². The first-order valence-electron chi connectivity index (χ1n) is 11.4. The maximum atomic E-state index is 5.79. The van der Waals surface area contributed by atoms with E-state index < -0.39 is 0 Å². The predicted octanol–water partition coefficient (Wildman–Crippen LogP) is 4.08. The molecule has 8 nitrogen and oxygen atoms in total. The van der Waals surface area contributed by atoms with Crippen LogP contribution in [0.3, 0.4) is 0 Å². The number of benzene rings is 1. The Kier molecular flexibility index (Phi) is 6.26. The summed E-state index contributed by atoms with van der Waals surface area (Å²) in [4.78, 5) is 15.9. The Morgan fingerprint density at radius 2 is 1.88 bits per heavy atom. The van der Waals surface area contributed by atoms with E-state index in [1.165, 1.54) is 0 Å². The molecule has 1 N–H and O–H groups in total. The second-order valence-corrected chi connectivity index (χ2v) is 8.50. The van der Waals surface area contributed by atoms with E-state index in [9.17, 15) is 0 Å². The average Bonchev–Trinajstić information content (AvgIpc) is 2.84. The van der Waals surface area contributed by atoms with Gasteiger partial charge in [0.1, 0.15) is 19.0 Å². The lowest BCUT2D eigenvalue weighted by atomic mass is 9.93. The fourth-order valence-electron chi connectivity index (χ4n) is 4.58. The van der Waals surface area contributed by atoms with Crippen LogP contribution >= 0.6 is 0 Å². The van der Waals surface area contributed by atoms with Gasteiger partial charge < -0.3 is 19.5 Å². The summed E-state index contributed by atoms with van der Waals surface area (Å²) in [6, 6.07) is 9.96. The van der Waals surface area contributed by atoms with Gasteiger partial charge in [-0.2, -0.15) is 0 Å². The number of likely N-dealkylation sites (tertiary alicyclic amines) is 1. The highest BCUT2D eigenvalue weighted by Crippen LogP contribution is 2.38. The smallest absolute Gasteiger partial charge is 0.227 e. The van der Waals surface area contributed by atoms with Crippen molar-refractivity contribution in [1.82, 2.24) is 19.9 Å². The van der Waals surface area contributed by atoms with E-state index in [0.717, 1.165) is 72.4 Å². The van der Waals surface area contributed by atoms with Crippen LogP contribution in [-0.2, 0) is 6.54 Å². The van der Waals surface area contributed by atoms with Crippen molar-refractivity contribution < 1.29 is 14.2 Å². The van der Waals surface area contributed by atoms with Crippen LogP contribution in [0.4, 0.5) is 11.6 Å². The number of rotatable bonds is 6. The second-order valence-electron chi connectivity index (χ2n) is 8.50. The normalized spacial score (nSPS) is 18.1. The van der Waals surface area contributed by atoms with Gasteiger partial charge >= 0.3 is 0 Å². The Labute approximate surface area is 193 Å². The molecule has 0 amide bonds. The fraction of sp³-hybridized carbons (Fsp3) is 0.400. The molecule has 2 aromatic heterocycles. The molecule has 0 spiro atoms. The summed E-state index contributed by atoms with van der Waals surface area (Å²) in [5.74, 6) is 3.34. The van der Waals surface area contributed by atoms with Gasteiger partial charge in [0.05, 0.1) is 7.11 Å². The molecule has 2 aliphatic rings. The van der Waals surface area contributed by atoms with Crippen LogP contribution in [-0.4, -0.2) is 53.3 Å². The number of nitrogens with one attached hydrogen (secondary N) is 1. The highest BCUT2D eigenvalue weighted by atomic mass is 16.6. The molecule has 1 aromatic carbocycles. The number of ether oxygens (including phenoxy) is 3. The number of aromatic nitrogens is 3. The number of piperidine rings is 1. The topological polar surface area (TPSA) is 81.6 Å². The molecule has 5 rings (SSSR count). The maximum Gasteiger partial charge on any atom is 0.227 e. The number of hydrogen-bond acceptors (Lipinski definition) is 8. The molecule has 1 saturated heterocycles. The SMILES string of the molecule is COc1cc2c(cc1CN1CCCC(c3cc(Nc4ncccn4)cc(C)n3)C1)OCCO2. The monoisotopic (exact) mass is 447 g/mol. The van der Waals surface area contributed by atoms with Crippen molar-refractivity contribution in [2.75, 3.05) is 38.7 Å². The third-order valence-corrected chi connectivity index (χ3v) is 6.06. The van der Waals surface area contributed by atoms with Gasteiger partial charge in [0.2, 0.25) is 5.95 Å². The van der Waals surface area contributed by atoms with Crippen molar-refractivity contribution in [3.8, 4) is 17.2 Å². The van der Waals surface area contributed by atoms with Gasteiger partial charge in [0, 0.05) is 60.1 Å². The molecule has 1 atom stereocenters. The molecule has 0 radical (unpaired) electrons. The number of pyridine rings is 1. The van der Waals surface area contributed by atoms with Crippen molar-refractivity contribution >= 4 is 11.6 Å². The van der Waals surface area contributed by atoms with Crippen LogP contribution in [0.1, 0.15) is 35.7 Å². The van der Waals surface area contributed by atoms with Crippen LogP contribution in [0.2, 0.25) is 0 Å². The third kappa shape index (κ3) is 5.01. The summed E-state index contributed by atoms with van der Waals surface area (Å²) in [5, 5.41) is 3.30. The lowest BCUT2D eigenvalue weighted by Crippen LogP contribution is -2.34. The molecule has 0 bridgehead atoms. The van der Waals surface area contributed by atoms with Crippen molar-refractivity contribution in [2.24, 2.45) is 0 Å². The third-order valence-electron chi connectivity index (χ3n) is 6.06. The van der Waals surface area contributed by atoms with E-state index in [1.54, 1.807) is 19.5 Å². The molecular formula is C25H29N5O3. The zero-order chi connectivity index (χ0) is 22.6. The van der Waals surface area contributed by atoms with Gasteiger partial charge in [0.25, 0.3) is 0 Å². The van der Waals surface area contributed by atoms with E-state index >= 15 is 0 Å². The van der Waals surface area contributed by atoms with E-state index in [2.05, 4.69) is 32.3 Å². The van der Waals surface area contributed by atoms with Crippen LogP contribution < -0.4 is 19.5 Å². The molecule has 33 heavy (non-hydrogen) atoms. The minimum Gasteiger partial charge on any atom is -0.496 e. The summed E-state index contributed by atoms with van der Waals surface area (Å²) in [6.07, 6.45) is 5.70. The number of hydrogen-bond donors (Lipinski definition) is 1. The number of methoxy groups -OCH3 is 1. The first-order valence-corrected chi connectivity index (χ1v) is 11.4. The van der Waals surface area contributed by atoms with Crippen LogP contribution in [0.25, 0.3) is 0 Å². The zero-order valence-electron chi connectivity index (χ0n) is 19.1. The van der Waals surface area contributed by atoms with Crippen molar-refractivity contribution in [3.05, 3.63) is 59.7 Å². The molecule has 0 saturated carbocycles. The molecule has 1 fully saturated rings. The highest BCUT2D eigenvalue weighted by Gasteiger charge is 2.25. The minimum atomic E-state index is 0.360. The van der Waals surface area contributed by atoms with Gasteiger partial charge in [-0.3, -0.25) is 9.88 Å². The van der Waals surface area contributed by atoms with Crippen LogP contribution in [0.5, 0.6) is 17.2 Å². The quantitative estimate of drug-likeness (QED) is 0.605. The Balaban J connectivity index is 1.32. The van der Waals surface area contributed by atoms with Crippen molar-refractivity contribution in [2.45, 2.75) is 32.2 Å². The average molecular weight is 448 g/mol. The summed E-state index contributed by atoms with van der Waals surface area (Å²) in [5.41, 5.74) is 4.17. The molecule has 1 unspecified atom stereocenters. The fourth-order valence-corrected chi connectivity index (χ4v) is 4.58. The molecule has 4 heterocycles. The first kappa shape index (κ1) is 21.5. The molecule has 0 aliphatic carbocycles. The molecule has 3 aromatic rings. The highest BCUT2D eigenvalue weighted by molar-refractivity contribution is 5.54. The molecule has 172 valence electrons. The lowest BCUT2D eigenvalue weighted by molar-refractivity contribution is 0.168. The Morgan fingerprint density at radius 1 is 1.09 bits per heavy atom. The van der Waals surface area contributed by atoms with Crippen molar-refractivity contribution in [3.63, 3.8) is 0 Å². The Morgan fingerprint density at radius 3 is 2.67 bits per heavy atom. The van der Waals surface area contributed by atoms with E-state index in [-0.39, 0.29) is 0 Å². The zero-order valence-corrected chi connectivity index (χ0v) is 19.1. The molecular weight excluding hydrogens is 418 g/mol. The Bertz CT molecular complexity index is 1110. The van der Waals surface area contributed by atoms with E-state index in [1.807, 2.05) is 25.1 Å². The lowest BCUT2D eigenvalue weighted by Gasteiger charge is -2.33. The number of fused-ring (bicyclic) bond motifs is 1. The van der Waals surface area contributed by atoms with Crippen LogP contribution in [0, 0.1) is 6.92 Å². The summed E-state index contributed by atoms with van der Waals surface area (Å²) >= 11 is 0. The standard InChI is InChI=1S/C25H29N5O3/c1-17-11-20(29-25-26-6-4-7-27-25)13-21(28-17)18-5-3-8-30(15-18)16-19-12-23-24(14-22(19)31-2)33-10-9-32-23/h4,6-7,11-14,18H,3,5,8-10,15-16H2,1-2H3,(H,26,27,28,29). The van der Waals surface area contributed by atoms with Crippen LogP contribution in [0.15, 0.2) is 42.7 Å². The second kappa shape index (κ2) is 9.62. The predicted molar refractivity (Wildman–Crippen MR) is 126 cm³/mol. The van der Waals surface area contributed by atoms with E-state index in [0.29, 0.717) is 25.1 Å². The summed E-state index contributed by atoms with van der Waals surface area (Å²) < 4.78 is 17.2. The van der Waals surface area contributed by atoms with E-state index in [4.69, 9.17) is 19.2 Å². The molecule has 8 heteroatoms. The maximum absolute atomic E-state index is 5.79. The first-order chi connectivity index (χ1) is 16.2. The minimum absolute atomic E-state index is 0.360. The summed E-state index contributed by atoms with van der Waals surface area (Å²) in [7, 11) is 1.70. The molecule has 2 aliphatic heterocycles. The Hall–Kier alpha value is -3.39. The van der Waals surface area contributed by atoms with Gasteiger partial charge in [-0.1, -0.05) is 0 Å².